The number of anilines is 2. The Morgan fingerprint density at radius 1 is 1.35 bits per heavy atom. The predicted octanol–water partition coefficient (Wildman–Crippen LogP) is 4.35. The lowest BCUT2D eigenvalue weighted by atomic mass is 9.97. The predicted molar refractivity (Wildman–Crippen MR) is 102 cm³/mol. The van der Waals surface area contributed by atoms with Gasteiger partial charge in [0.15, 0.2) is 10.7 Å². The van der Waals surface area contributed by atoms with Gasteiger partial charge in [-0.1, -0.05) is 39.4 Å². The van der Waals surface area contributed by atoms with Crippen molar-refractivity contribution >= 4 is 60.2 Å². The molecule has 1 aromatic heterocycles. The zero-order valence-corrected chi connectivity index (χ0v) is 16.0. The minimum atomic E-state index is -1.50. The Morgan fingerprint density at radius 2 is 2.12 bits per heavy atom. The van der Waals surface area contributed by atoms with Crippen LogP contribution in [0.15, 0.2) is 46.9 Å². The number of amides is 1. The molecule has 1 amide bonds. The molecule has 4 rings (SSSR count). The fraction of sp³-hybridized carbons (Fsp3) is 0.167. The molecule has 0 saturated heterocycles. The summed E-state index contributed by atoms with van der Waals surface area (Å²) in [5, 5.41) is 9.71. The van der Waals surface area contributed by atoms with Crippen LogP contribution in [0, 0.1) is 0 Å². The van der Waals surface area contributed by atoms with Crippen LogP contribution in [0.3, 0.4) is 0 Å². The average Bonchev–Trinajstić information content (AvgIpc) is 2.97. The lowest BCUT2D eigenvalue weighted by Crippen LogP contribution is -2.53. The zero-order chi connectivity index (χ0) is 18.5. The molecule has 2 aromatic carbocycles. The van der Waals surface area contributed by atoms with E-state index in [-0.39, 0.29) is 0 Å². The normalized spacial score (nSPS) is 19.3. The third kappa shape index (κ3) is 2.75. The van der Waals surface area contributed by atoms with Crippen LogP contribution in [-0.4, -0.2) is 27.6 Å². The van der Waals surface area contributed by atoms with Crippen LogP contribution < -0.4 is 9.64 Å². The van der Waals surface area contributed by atoms with Crippen molar-refractivity contribution in [2.75, 3.05) is 4.90 Å². The zero-order valence-electron chi connectivity index (χ0n) is 13.6. The number of benzene rings is 2. The van der Waals surface area contributed by atoms with Crippen LogP contribution >= 0.6 is 27.3 Å². The first kappa shape index (κ1) is 17.0. The van der Waals surface area contributed by atoms with Crippen LogP contribution in [0.4, 0.5) is 10.8 Å². The number of fused-ring (bicyclic) bond motifs is 2. The van der Waals surface area contributed by atoms with Gasteiger partial charge in [0, 0.05) is 4.47 Å². The number of nitrogens with zero attached hydrogens (tertiary/aromatic N) is 2. The van der Waals surface area contributed by atoms with Gasteiger partial charge in [0.05, 0.1) is 22.3 Å². The first-order valence-corrected chi connectivity index (χ1v) is 9.39. The number of carbonyl (C=O) groups is 2. The number of halogens is 1. The summed E-state index contributed by atoms with van der Waals surface area (Å²) >= 11 is 4.80. The largest absolute Gasteiger partial charge is 0.481 e. The molecule has 0 bridgehead atoms. The fourth-order valence-electron chi connectivity index (χ4n) is 2.93. The number of carbonyl (C=O) groups excluding carboxylic acids is 1. The molecule has 6 nitrogen and oxygen atoms in total. The van der Waals surface area contributed by atoms with Crippen LogP contribution in [0.1, 0.15) is 13.3 Å². The van der Waals surface area contributed by atoms with Gasteiger partial charge in [-0.15, -0.1) is 0 Å². The van der Waals surface area contributed by atoms with Crippen LogP contribution in [0.2, 0.25) is 0 Å². The van der Waals surface area contributed by atoms with E-state index in [2.05, 4.69) is 20.9 Å². The van der Waals surface area contributed by atoms with Crippen molar-refractivity contribution in [1.82, 2.24) is 4.98 Å². The van der Waals surface area contributed by atoms with Crippen molar-refractivity contribution in [2.45, 2.75) is 18.9 Å². The molecule has 0 fully saturated rings. The minimum absolute atomic E-state index is 0.437. The van der Waals surface area contributed by atoms with Gasteiger partial charge < -0.3 is 9.84 Å². The number of hydrogen-bond donors (Lipinski definition) is 1. The lowest BCUT2D eigenvalue weighted by Gasteiger charge is -2.38. The Bertz CT molecular complexity index is 1050. The second kappa shape index (κ2) is 6.07. The Morgan fingerprint density at radius 3 is 2.88 bits per heavy atom. The molecule has 1 N–H and O–H groups in total. The van der Waals surface area contributed by atoms with Crippen LogP contribution in [0.5, 0.6) is 5.75 Å². The lowest BCUT2D eigenvalue weighted by molar-refractivity contribution is -0.148. The Labute approximate surface area is 161 Å². The molecule has 132 valence electrons. The second-order valence-corrected chi connectivity index (χ2v) is 8.04. The summed E-state index contributed by atoms with van der Waals surface area (Å²) in [5.74, 6) is -1.10. The Kier molecular flexibility index (Phi) is 3.96. The van der Waals surface area contributed by atoms with Crippen molar-refractivity contribution in [3.63, 3.8) is 0 Å². The summed E-state index contributed by atoms with van der Waals surface area (Å²) < 4.78 is 7.63. The maximum Gasteiger partial charge on any atom is 0.307 e. The molecule has 0 aliphatic carbocycles. The van der Waals surface area contributed by atoms with E-state index in [1.807, 2.05) is 18.2 Å². The molecule has 0 saturated carbocycles. The summed E-state index contributed by atoms with van der Waals surface area (Å²) in [4.78, 5) is 30.5. The third-order valence-corrected chi connectivity index (χ3v) is 5.61. The van der Waals surface area contributed by atoms with E-state index in [0.717, 1.165) is 14.7 Å². The molecular formula is C18H13BrN2O4S. The molecule has 1 aliphatic heterocycles. The summed E-state index contributed by atoms with van der Waals surface area (Å²) in [5.41, 5.74) is -0.179. The number of para-hydroxylation sites is 2. The minimum Gasteiger partial charge on any atom is -0.481 e. The van der Waals surface area contributed by atoms with Crippen molar-refractivity contribution < 1.29 is 19.4 Å². The van der Waals surface area contributed by atoms with Gasteiger partial charge in [-0.2, -0.15) is 0 Å². The van der Waals surface area contributed by atoms with E-state index in [9.17, 15) is 14.7 Å². The monoisotopic (exact) mass is 432 g/mol. The van der Waals surface area contributed by atoms with Gasteiger partial charge in [0.2, 0.25) is 0 Å². The first-order chi connectivity index (χ1) is 12.4. The Hall–Kier alpha value is -2.45. The maximum absolute atomic E-state index is 13.2. The molecule has 0 spiro atoms. The second-order valence-electron chi connectivity index (χ2n) is 6.12. The third-order valence-electron chi connectivity index (χ3n) is 4.12. The molecule has 0 radical (unpaired) electrons. The molecule has 8 heteroatoms. The van der Waals surface area contributed by atoms with Gasteiger partial charge in [0.1, 0.15) is 5.75 Å². The van der Waals surface area contributed by atoms with Crippen LogP contribution in [0.25, 0.3) is 10.2 Å². The van der Waals surface area contributed by atoms with Crippen molar-refractivity contribution in [1.29, 1.82) is 0 Å². The van der Waals surface area contributed by atoms with Crippen molar-refractivity contribution in [3.05, 3.63) is 46.9 Å². The van der Waals surface area contributed by atoms with E-state index in [4.69, 9.17) is 4.74 Å². The number of thiazole rings is 1. The average molecular weight is 433 g/mol. The molecule has 3 aromatic rings. The maximum atomic E-state index is 13.2. The van der Waals surface area contributed by atoms with Gasteiger partial charge >= 0.3 is 5.97 Å². The molecular weight excluding hydrogens is 420 g/mol. The number of rotatable bonds is 3. The number of carboxylic acid groups (broad SMARTS) is 1. The van der Waals surface area contributed by atoms with E-state index in [0.29, 0.717) is 16.6 Å². The van der Waals surface area contributed by atoms with Crippen molar-refractivity contribution in [2.24, 2.45) is 0 Å². The summed E-state index contributed by atoms with van der Waals surface area (Å²) in [6, 6.07) is 12.7. The van der Waals surface area contributed by atoms with Gasteiger partial charge in [-0.05, 0) is 37.3 Å². The molecule has 1 atom stereocenters. The highest BCUT2D eigenvalue weighted by molar-refractivity contribution is 9.10. The summed E-state index contributed by atoms with van der Waals surface area (Å²) in [6.45, 7) is 1.50. The molecule has 2 heterocycles. The first-order valence-electron chi connectivity index (χ1n) is 7.78. The highest BCUT2D eigenvalue weighted by atomic mass is 79.9. The topological polar surface area (TPSA) is 79.7 Å². The van der Waals surface area contributed by atoms with Gasteiger partial charge in [-0.25, -0.2) is 9.88 Å². The van der Waals surface area contributed by atoms with E-state index in [1.54, 1.807) is 24.3 Å². The highest BCUT2D eigenvalue weighted by Crippen LogP contribution is 2.45. The van der Waals surface area contributed by atoms with E-state index >= 15 is 0 Å². The fourth-order valence-corrected chi connectivity index (χ4v) is 4.46. The van der Waals surface area contributed by atoms with E-state index in [1.165, 1.54) is 23.2 Å². The smallest absolute Gasteiger partial charge is 0.307 e. The molecule has 1 aliphatic rings. The Balaban J connectivity index is 1.89. The highest BCUT2D eigenvalue weighted by Gasteiger charge is 2.47. The van der Waals surface area contributed by atoms with E-state index < -0.39 is 23.9 Å². The van der Waals surface area contributed by atoms with Crippen molar-refractivity contribution in [3.8, 4) is 5.75 Å². The SMILES string of the molecule is CC1(CC(=O)O)Oc2ccccc2N(c2nc3ccc(Br)cc3s2)C1=O. The number of ether oxygens (including phenoxy) is 1. The number of aromatic nitrogens is 1. The van der Waals surface area contributed by atoms with Crippen LogP contribution in [-0.2, 0) is 9.59 Å². The standard InChI is InChI=1S/C18H13BrN2O4S/c1-18(9-15(22)23)16(24)21(12-4-2-3-5-13(12)25-18)17-20-11-7-6-10(19)8-14(11)26-17/h2-8H,9H2,1H3,(H,22,23). The quantitative estimate of drug-likeness (QED) is 0.665. The number of aliphatic carboxylic acids is 1. The number of hydrogen-bond acceptors (Lipinski definition) is 5. The number of carboxylic acids is 1. The summed E-state index contributed by atoms with van der Waals surface area (Å²) in [7, 11) is 0. The molecule has 1 unspecified atom stereocenters. The van der Waals surface area contributed by atoms with Gasteiger partial charge in [0.25, 0.3) is 5.91 Å². The molecule has 26 heavy (non-hydrogen) atoms. The summed E-state index contributed by atoms with van der Waals surface area (Å²) in [6.07, 6.45) is -0.437. The van der Waals surface area contributed by atoms with Gasteiger partial charge in [-0.3, -0.25) is 9.59 Å².